The van der Waals surface area contributed by atoms with E-state index in [1.54, 1.807) is 35.9 Å². The highest BCUT2D eigenvalue weighted by atomic mass is 32.1. The monoisotopic (exact) mass is 360 g/mol. The first kappa shape index (κ1) is 16.2. The predicted molar refractivity (Wildman–Crippen MR) is 102 cm³/mol. The Kier molecular flexibility index (Phi) is 4.57. The Morgan fingerprint density at radius 1 is 1.08 bits per heavy atom. The predicted octanol–water partition coefficient (Wildman–Crippen LogP) is 3.93. The van der Waals surface area contributed by atoms with Gasteiger partial charge in [0.1, 0.15) is 5.69 Å². The first-order valence-electron chi connectivity index (χ1n) is 8.17. The molecule has 1 aromatic carbocycles. The van der Waals surface area contributed by atoms with Crippen molar-refractivity contribution in [2.24, 2.45) is 0 Å². The molecular weight excluding hydrogens is 344 g/mol. The van der Waals surface area contributed by atoms with Crippen LogP contribution in [0.1, 0.15) is 15.9 Å². The number of para-hydroxylation sites is 1. The number of hydrogen-bond donors (Lipinski definition) is 1. The van der Waals surface area contributed by atoms with Gasteiger partial charge in [-0.15, -0.1) is 11.3 Å². The maximum atomic E-state index is 12.3. The lowest BCUT2D eigenvalue weighted by atomic mass is 10.2. The number of amides is 1. The summed E-state index contributed by atoms with van der Waals surface area (Å²) >= 11 is 1.63. The maximum absolute atomic E-state index is 12.3. The molecule has 1 amide bonds. The number of carbonyl (C=O) groups is 1. The fourth-order valence-electron chi connectivity index (χ4n) is 2.65. The van der Waals surface area contributed by atoms with E-state index >= 15 is 0 Å². The smallest absolute Gasteiger partial charge is 0.253 e. The molecule has 1 N–H and O–H groups in total. The SMILES string of the molecule is O=C(NCc1cn(-c2ccccc2)nc1-c1cccs1)c1cccnc1. The van der Waals surface area contributed by atoms with E-state index in [2.05, 4.69) is 10.3 Å². The molecule has 5 nitrogen and oxygen atoms in total. The van der Waals surface area contributed by atoms with Crippen LogP contribution in [0, 0.1) is 0 Å². The lowest BCUT2D eigenvalue weighted by Gasteiger charge is -2.04. The molecule has 0 atom stereocenters. The summed E-state index contributed by atoms with van der Waals surface area (Å²) in [4.78, 5) is 17.4. The van der Waals surface area contributed by atoms with E-state index in [1.807, 2.05) is 58.7 Å². The van der Waals surface area contributed by atoms with Crippen LogP contribution < -0.4 is 5.32 Å². The molecule has 0 bridgehead atoms. The number of hydrogen-bond acceptors (Lipinski definition) is 4. The molecule has 0 aliphatic rings. The molecule has 0 fully saturated rings. The van der Waals surface area contributed by atoms with E-state index < -0.39 is 0 Å². The zero-order valence-corrected chi connectivity index (χ0v) is 14.7. The summed E-state index contributed by atoms with van der Waals surface area (Å²) in [5.74, 6) is -0.150. The molecule has 0 aliphatic carbocycles. The molecule has 3 aromatic heterocycles. The maximum Gasteiger partial charge on any atom is 0.253 e. The van der Waals surface area contributed by atoms with Crippen LogP contribution >= 0.6 is 11.3 Å². The van der Waals surface area contributed by atoms with Gasteiger partial charge in [-0.2, -0.15) is 5.10 Å². The molecule has 0 aliphatic heterocycles. The third kappa shape index (κ3) is 3.41. The van der Waals surface area contributed by atoms with Crippen LogP contribution in [-0.4, -0.2) is 20.7 Å². The lowest BCUT2D eigenvalue weighted by molar-refractivity contribution is 0.0950. The van der Waals surface area contributed by atoms with Gasteiger partial charge in [0.05, 0.1) is 16.1 Å². The second-order valence-electron chi connectivity index (χ2n) is 5.68. The van der Waals surface area contributed by atoms with Crippen LogP contribution in [0.3, 0.4) is 0 Å². The van der Waals surface area contributed by atoms with E-state index in [-0.39, 0.29) is 5.91 Å². The molecule has 0 saturated carbocycles. The van der Waals surface area contributed by atoms with Crippen LogP contribution in [0.15, 0.2) is 78.6 Å². The van der Waals surface area contributed by atoms with Crippen molar-refractivity contribution >= 4 is 17.2 Å². The van der Waals surface area contributed by atoms with Crippen LogP contribution in [0.4, 0.5) is 0 Å². The number of carbonyl (C=O) groups excluding carboxylic acids is 1. The number of pyridine rings is 1. The van der Waals surface area contributed by atoms with Crippen molar-refractivity contribution < 1.29 is 4.79 Å². The minimum absolute atomic E-state index is 0.150. The van der Waals surface area contributed by atoms with E-state index in [0.717, 1.165) is 21.8 Å². The first-order valence-corrected chi connectivity index (χ1v) is 9.05. The van der Waals surface area contributed by atoms with Crippen LogP contribution in [0.2, 0.25) is 0 Å². The van der Waals surface area contributed by atoms with Gasteiger partial charge >= 0.3 is 0 Å². The average Bonchev–Trinajstić information content (AvgIpc) is 3.37. The third-order valence-corrected chi connectivity index (χ3v) is 4.81. The van der Waals surface area contributed by atoms with Crippen molar-refractivity contribution in [2.45, 2.75) is 6.54 Å². The first-order chi connectivity index (χ1) is 12.8. The number of benzene rings is 1. The molecule has 3 heterocycles. The number of thiophene rings is 1. The Morgan fingerprint density at radius 2 is 1.96 bits per heavy atom. The Morgan fingerprint density at radius 3 is 2.69 bits per heavy atom. The van der Waals surface area contributed by atoms with Crippen molar-refractivity contribution in [3.8, 4) is 16.3 Å². The van der Waals surface area contributed by atoms with Gasteiger partial charge in [0.2, 0.25) is 0 Å². The summed E-state index contributed by atoms with van der Waals surface area (Å²) in [5, 5.41) is 9.71. The normalized spacial score (nSPS) is 10.6. The minimum atomic E-state index is -0.150. The minimum Gasteiger partial charge on any atom is -0.348 e. The van der Waals surface area contributed by atoms with E-state index in [1.165, 1.54) is 0 Å². The van der Waals surface area contributed by atoms with Gasteiger partial charge < -0.3 is 5.32 Å². The number of aromatic nitrogens is 3. The highest BCUT2D eigenvalue weighted by Gasteiger charge is 2.14. The molecule has 128 valence electrons. The highest BCUT2D eigenvalue weighted by Crippen LogP contribution is 2.27. The second-order valence-corrected chi connectivity index (χ2v) is 6.63. The molecule has 0 radical (unpaired) electrons. The average molecular weight is 360 g/mol. The van der Waals surface area contributed by atoms with Crippen LogP contribution in [0.5, 0.6) is 0 Å². The fraction of sp³-hybridized carbons (Fsp3) is 0.0500. The molecular formula is C20H16N4OS. The fourth-order valence-corrected chi connectivity index (χ4v) is 3.39. The number of nitrogens with one attached hydrogen (secondary N) is 1. The Hall–Kier alpha value is -3.25. The molecule has 6 heteroatoms. The molecule has 0 saturated heterocycles. The topological polar surface area (TPSA) is 59.8 Å². The quantitative estimate of drug-likeness (QED) is 0.587. The van der Waals surface area contributed by atoms with Gasteiger partial charge in [0.25, 0.3) is 5.91 Å². The van der Waals surface area contributed by atoms with Gasteiger partial charge in [-0.25, -0.2) is 4.68 Å². The summed E-state index contributed by atoms with van der Waals surface area (Å²) in [6, 6.07) is 17.5. The summed E-state index contributed by atoms with van der Waals surface area (Å²) in [6.45, 7) is 0.397. The van der Waals surface area contributed by atoms with Crippen molar-refractivity contribution in [1.82, 2.24) is 20.1 Å². The highest BCUT2D eigenvalue weighted by molar-refractivity contribution is 7.13. The zero-order chi connectivity index (χ0) is 17.8. The van der Waals surface area contributed by atoms with Gasteiger partial charge in [0, 0.05) is 30.7 Å². The second kappa shape index (κ2) is 7.33. The third-order valence-electron chi connectivity index (χ3n) is 3.93. The van der Waals surface area contributed by atoms with Gasteiger partial charge in [-0.1, -0.05) is 24.3 Å². The molecule has 0 spiro atoms. The van der Waals surface area contributed by atoms with Gasteiger partial charge in [-0.05, 0) is 35.7 Å². The number of rotatable bonds is 5. The van der Waals surface area contributed by atoms with Crippen molar-refractivity contribution in [3.05, 3.63) is 89.7 Å². The van der Waals surface area contributed by atoms with Crippen molar-refractivity contribution in [1.29, 1.82) is 0 Å². The van der Waals surface area contributed by atoms with Crippen molar-refractivity contribution in [2.75, 3.05) is 0 Å². The molecule has 4 rings (SSSR count). The van der Waals surface area contributed by atoms with E-state index in [9.17, 15) is 4.79 Å². The Balaban J connectivity index is 1.62. The van der Waals surface area contributed by atoms with E-state index in [4.69, 9.17) is 5.10 Å². The lowest BCUT2D eigenvalue weighted by Crippen LogP contribution is -2.22. The summed E-state index contributed by atoms with van der Waals surface area (Å²) in [7, 11) is 0. The van der Waals surface area contributed by atoms with Gasteiger partial charge in [0.15, 0.2) is 0 Å². The van der Waals surface area contributed by atoms with Gasteiger partial charge in [-0.3, -0.25) is 9.78 Å². The summed E-state index contributed by atoms with van der Waals surface area (Å²) < 4.78 is 1.85. The standard InChI is InChI=1S/C20H16N4OS/c25-20(15-6-4-10-21-12-15)22-13-16-14-24(17-7-2-1-3-8-17)23-19(16)18-9-5-11-26-18/h1-12,14H,13H2,(H,22,25). The molecule has 4 aromatic rings. The van der Waals surface area contributed by atoms with E-state index in [0.29, 0.717) is 12.1 Å². The van der Waals surface area contributed by atoms with Crippen LogP contribution in [-0.2, 0) is 6.54 Å². The molecule has 0 unspecified atom stereocenters. The largest absolute Gasteiger partial charge is 0.348 e. The Labute approximate surface area is 155 Å². The zero-order valence-electron chi connectivity index (χ0n) is 13.9. The summed E-state index contributed by atoms with van der Waals surface area (Å²) in [6.07, 6.45) is 5.17. The molecule has 26 heavy (non-hydrogen) atoms. The summed E-state index contributed by atoms with van der Waals surface area (Å²) in [5.41, 5.74) is 3.37. The van der Waals surface area contributed by atoms with Crippen LogP contribution in [0.25, 0.3) is 16.3 Å². The Bertz CT molecular complexity index is 995. The number of nitrogens with zero attached hydrogens (tertiary/aromatic N) is 3. The van der Waals surface area contributed by atoms with Crippen molar-refractivity contribution in [3.63, 3.8) is 0 Å².